The Bertz CT molecular complexity index is 424. The Hall–Kier alpha value is -2.04. The molecule has 0 saturated heterocycles. The fraction of sp³-hybridized carbons (Fsp3) is 0.364. The molecule has 0 bridgehead atoms. The summed E-state index contributed by atoms with van der Waals surface area (Å²) in [5, 5.41) is 12.0. The van der Waals surface area contributed by atoms with E-state index in [1.807, 2.05) is 0 Å². The lowest BCUT2D eigenvalue weighted by molar-refractivity contribution is -0.146. The Balaban J connectivity index is 2.71. The number of aliphatic hydroxyl groups excluding tert-OH is 1. The van der Waals surface area contributed by atoms with Gasteiger partial charge >= 0.3 is 5.97 Å². The van der Waals surface area contributed by atoms with E-state index in [0.29, 0.717) is 5.69 Å². The number of rotatable bonds is 5. The SMILES string of the molecule is CC(C(=O)OCCO)c1ccc(N=[N+]=[N-])cc1. The van der Waals surface area contributed by atoms with Crippen LogP contribution in [-0.4, -0.2) is 24.3 Å². The first-order valence-corrected chi connectivity index (χ1v) is 5.11. The molecule has 0 aliphatic heterocycles. The normalized spacial score (nSPS) is 11.4. The second kappa shape index (κ2) is 6.52. The first kappa shape index (κ1) is 13.0. The molecule has 0 heterocycles. The first-order chi connectivity index (χ1) is 8.19. The lowest BCUT2D eigenvalue weighted by Crippen LogP contribution is -2.15. The van der Waals surface area contributed by atoms with Gasteiger partial charge in [0.15, 0.2) is 0 Å². The summed E-state index contributed by atoms with van der Waals surface area (Å²) in [6.07, 6.45) is 0. The van der Waals surface area contributed by atoms with E-state index < -0.39 is 11.9 Å². The second-order valence-electron chi connectivity index (χ2n) is 3.39. The van der Waals surface area contributed by atoms with Gasteiger partial charge in [-0.1, -0.05) is 29.4 Å². The van der Waals surface area contributed by atoms with Gasteiger partial charge in [-0.25, -0.2) is 0 Å². The zero-order valence-corrected chi connectivity index (χ0v) is 9.41. The van der Waals surface area contributed by atoms with Crippen LogP contribution < -0.4 is 0 Å². The van der Waals surface area contributed by atoms with Crippen molar-refractivity contribution < 1.29 is 14.6 Å². The third kappa shape index (κ3) is 3.79. The summed E-state index contributed by atoms with van der Waals surface area (Å²) < 4.78 is 4.81. The summed E-state index contributed by atoms with van der Waals surface area (Å²) >= 11 is 0. The molecule has 1 rings (SSSR count). The molecule has 0 spiro atoms. The van der Waals surface area contributed by atoms with Crippen LogP contribution in [0.5, 0.6) is 0 Å². The van der Waals surface area contributed by atoms with E-state index >= 15 is 0 Å². The largest absolute Gasteiger partial charge is 0.463 e. The molecular formula is C11H13N3O3. The summed E-state index contributed by atoms with van der Waals surface area (Å²) in [6.45, 7) is 1.52. The highest BCUT2D eigenvalue weighted by Gasteiger charge is 2.16. The molecule has 1 unspecified atom stereocenters. The maximum atomic E-state index is 11.5. The van der Waals surface area contributed by atoms with Gasteiger partial charge in [0, 0.05) is 10.6 Å². The van der Waals surface area contributed by atoms with Crippen molar-refractivity contribution in [2.24, 2.45) is 5.11 Å². The molecule has 1 aromatic rings. The van der Waals surface area contributed by atoms with Crippen LogP contribution in [0.3, 0.4) is 0 Å². The van der Waals surface area contributed by atoms with Crippen molar-refractivity contribution in [3.05, 3.63) is 40.3 Å². The Labute approximate surface area is 98.5 Å². The van der Waals surface area contributed by atoms with Crippen LogP contribution in [0.25, 0.3) is 10.4 Å². The van der Waals surface area contributed by atoms with Gasteiger partial charge in [-0.2, -0.15) is 0 Å². The number of nitrogens with zero attached hydrogens (tertiary/aromatic N) is 3. The standard InChI is InChI=1S/C11H13N3O3/c1-8(11(16)17-7-6-15)9-2-4-10(5-3-9)13-14-12/h2-5,8,15H,6-7H2,1H3. The Kier molecular flexibility index (Phi) is 5.00. The van der Waals surface area contributed by atoms with Gasteiger partial charge in [0.25, 0.3) is 0 Å². The smallest absolute Gasteiger partial charge is 0.313 e. The minimum Gasteiger partial charge on any atom is -0.463 e. The van der Waals surface area contributed by atoms with Crippen molar-refractivity contribution in [1.29, 1.82) is 0 Å². The van der Waals surface area contributed by atoms with Gasteiger partial charge in [0.05, 0.1) is 12.5 Å². The number of esters is 1. The molecule has 0 saturated carbocycles. The third-order valence-corrected chi connectivity index (χ3v) is 2.24. The van der Waals surface area contributed by atoms with E-state index in [1.165, 1.54) is 0 Å². The number of carbonyl (C=O) groups excluding carboxylic acids is 1. The number of carbonyl (C=O) groups is 1. The lowest BCUT2D eigenvalue weighted by atomic mass is 10.0. The van der Waals surface area contributed by atoms with E-state index in [-0.39, 0.29) is 13.2 Å². The molecule has 0 aliphatic rings. The van der Waals surface area contributed by atoms with Crippen molar-refractivity contribution in [3.63, 3.8) is 0 Å². The maximum Gasteiger partial charge on any atom is 0.313 e. The molecule has 6 nitrogen and oxygen atoms in total. The van der Waals surface area contributed by atoms with Gasteiger partial charge in [0.2, 0.25) is 0 Å². The van der Waals surface area contributed by atoms with Crippen LogP contribution in [0.1, 0.15) is 18.4 Å². The third-order valence-electron chi connectivity index (χ3n) is 2.24. The van der Waals surface area contributed by atoms with E-state index in [9.17, 15) is 4.79 Å². The van der Waals surface area contributed by atoms with Gasteiger partial charge in [-0.15, -0.1) is 0 Å². The highest BCUT2D eigenvalue weighted by Crippen LogP contribution is 2.20. The van der Waals surface area contributed by atoms with E-state index in [2.05, 4.69) is 10.0 Å². The van der Waals surface area contributed by atoms with E-state index in [4.69, 9.17) is 15.4 Å². The van der Waals surface area contributed by atoms with Crippen molar-refractivity contribution in [3.8, 4) is 0 Å². The van der Waals surface area contributed by atoms with Gasteiger partial charge < -0.3 is 9.84 Å². The van der Waals surface area contributed by atoms with E-state index in [0.717, 1.165) is 5.56 Å². The molecule has 0 aliphatic carbocycles. The first-order valence-electron chi connectivity index (χ1n) is 5.11. The molecule has 0 amide bonds. The number of hydrogen-bond donors (Lipinski definition) is 1. The second-order valence-corrected chi connectivity index (χ2v) is 3.39. The fourth-order valence-electron chi connectivity index (χ4n) is 1.29. The van der Waals surface area contributed by atoms with Crippen LogP contribution >= 0.6 is 0 Å². The summed E-state index contributed by atoms with van der Waals surface area (Å²) in [4.78, 5) is 14.2. The average Bonchev–Trinajstić information content (AvgIpc) is 2.36. The monoisotopic (exact) mass is 235 g/mol. The van der Waals surface area contributed by atoms with Crippen molar-refractivity contribution in [2.75, 3.05) is 13.2 Å². The predicted octanol–water partition coefficient (Wildman–Crippen LogP) is 2.27. The maximum absolute atomic E-state index is 11.5. The van der Waals surface area contributed by atoms with Crippen molar-refractivity contribution >= 4 is 11.7 Å². The zero-order valence-electron chi connectivity index (χ0n) is 9.41. The molecule has 1 aromatic carbocycles. The molecule has 17 heavy (non-hydrogen) atoms. The van der Waals surface area contributed by atoms with Crippen LogP contribution in [0.2, 0.25) is 0 Å². The molecular weight excluding hydrogens is 222 g/mol. The van der Waals surface area contributed by atoms with E-state index in [1.54, 1.807) is 31.2 Å². The summed E-state index contributed by atoms with van der Waals surface area (Å²) in [7, 11) is 0. The molecule has 0 radical (unpaired) electrons. The Morgan fingerprint density at radius 3 is 2.71 bits per heavy atom. The Morgan fingerprint density at radius 1 is 1.53 bits per heavy atom. The predicted molar refractivity (Wildman–Crippen MR) is 61.7 cm³/mol. The molecule has 6 heteroatoms. The van der Waals surface area contributed by atoms with Crippen LogP contribution in [0, 0.1) is 0 Å². The summed E-state index contributed by atoms with van der Waals surface area (Å²) in [5.74, 6) is -0.808. The van der Waals surface area contributed by atoms with Crippen molar-refractivity contribution in [1.82, 2.24) is 0 Å². The number of benzene rings is 1. The van der Waals surface area contributed by atoms with Crippen molar-refractivity contribution in [2.45, 2.75) is 12.8 Å². The highest BCUT2D eigenvalue weighted by molar-refractivity contribution is 5.77. The van der Waals surface area contributed by atoms with Gasteiger partial charge in [0.1, 0.15) is 6.61 Å². The quantitative estimate of drug-likeness (QED) is 0.367. The molecule has 90 valence electrons. The van der Waals surface area contributed by atoms with Crippen LogP contribution in [-0.2, 0) is 9.53 Å². The highest BCUT2D eigenvalue weighted by atomic mass is 16.5. The van der Waals surface area contributed by atoms with Crippen LogP contribution in [0.15, 0.2) is 29.4 Å². The van der Waals surface area contributed by atoms with Crippen LogP contribution in [0.4, 0.5) is 5.69 Å². The summed E-state index contributed by atoms with van der Waals surface area (Å²) in [6, 6.07) is 6.67. The zero-order chi connectivity index (χ0) is 12.7. The van der Waals surface area contributed by atoms with Gasteiger partial charge in [-0.05, 0) is 18.0 Å². The molecule has 1 atom stereocenters. The number of azide groups is 1. The van der Waals surface area contributed by atoms with Gasteiger partial charge in [-0.3, -0.25) is 4.79 Å². The molecule has 1 N–H and O–H groups in total. The molecule has 0 fully saturated rings. The average molecular weight is 235 g/mol. The lowest BCUT2D eigenvalue weighted by Gasteiger charge is -2.11. The fourth-order valence-corrected chi connectivity index (χ4v) is 1.29. The topological polar surface area (TPSA) is 95.3 Å². The number of hydrogen-bond acceptors (Lipinski definition) is 4. The molecule has 0 aromatic heterocycles. The number of aliphatic hydroxyl groups is 1. The Morgan fingerprint density at radius 2 is 2.18 bits per heavy atom. The number of ether oxygens (including phenoxy) is 1. The minimum absolute atomic E-state index is 0.0000172. The minimum atomic E-state index is -0.415. The summed E-state index contributed by atoms with van der Waals surface area (Å²) in [5.41, 5.74) is 9.51.